The van der Waals surface area contributed by atoms with Gasteiger partial charge in [0.1, 0.15) is 13.2 Å². The van der Waals surface area contributed by atoms with Crippen molar-refractivity contribution in [3.8, 4) is 0 Å². The van der Waals surface area contributed by atoms with E-state index in [1.165, 1.54) is 0 Å². The van der Waals surface area contributed by atoms with E-state index in [0.717, 1.165) is 48.5 Å². The number of carbonyl (C=O) groups is 2. The van der Waals surface area contributed by atoms with Crippen LogP contribution in [-0.4, -0.2) is 37.5 Å². The summed E-state index contributed by atoms with van der Waals surface area (Å²) >= 11 is 0. The van der Waals surface area contributed by atoms with Gasteiger partial charge >= 0.3 is 35.6 Å². The van der Waals surface area contributed by atoms with Gasteiger partial charge < -0.3 is 9.47 Å². The molecule has 0 saturated carbocycles. The first-order chi connectivity index (χ1) is 15.9. The maximum Gasteiger partial charge on any atom is 0.442 e. The van der Waals surface area contributed by atoms with Crippen LogP contribution in [0.25, 0.3) is 0 Å². The Morgan fingerprint density at radius 3 is 1.15 bits per heavy atom. The van der Waals surface area contributed by atoms with Crippen molar-refractivity contribution in [3.63, 3.8) is 0 Å². The molecule has 0 amide bonds. The van der Waals surface area contributed by atoms with Crippen LogP contribution in [0, 0.1) is 0 Å². The van der Waals surface area contributed by atoms with Crippen LogP contribution in [0.15, 0.2) is 69.0 Å². The second-order valence-corrected chi connectivity index (χ2v) is 7.17. The number of rotatable bonds is 7. The van der Waals surface area contributed by atoms with Crippen molar-refractivity contribution < 1.29 is 45.4 Å². The summed E-state index contributed by atoms with van der Waals surface area (Å²) in [6.07, 6.45) is -9.39. The number of ether oxygens (including phenoxy) is 2. The second kappa shape index (κ2) is 7.88. The van der Waals surface area contributed by atoms with Crippen LogP contribution in [0.4, 0.5) is 26.3 Å². The zero-order valence-corrected chi connectivity index (χ0v) is 16.7. The topological polar surface area (TPSA) is 102 Å². The van der Waals surface area contributed by atoms with Crippen LogP contribution in [0.1, 0.15) is 31.8 Å². The van der Waals surface area contributed by atoms with E-state index >= 15 is 0 Å². The Labute approximate surface area is 186 Å². The van der Waals surface area contributed by atoms with Crippen molar-refractivity contribution in [2.24, 2.45) is 20.5 Å². The molecule has 34 heavy (non-hydrogen) atoms. The van der Waals surface area contributed by atoms with Crippen LogP contribution in [0.5, 0.6) is 0 Å². The standard InChI is InChI=1S/C20H12F6N4O4/c21-19(22,23)17(27-28-17)13-5-1-11(2-6-13)15(31)33-9-10-34-16(32)12-3-7-14(8-4-12)18(29-30-18)20(24,25)26/h1-8H,9-10H2. The molecule has 0 aromatic heterocycles. The highest BCUT2D eigenvalue weighted by Crippen LogP contribution is 2.53. The number of alkyl halides is 6. The predicted octanol–water partition coefficient (Wildman–Crippen LogP) is 5.06. The molecule has 0 saturated heterocycles. The first-order valence-electron chi connectivity index (χ1n) is 9.46. The summed E-state index contributed by atoms with van der Waals surface area (Å²) in [6.45, 7) is -0.729. The molecule has 2 aliphatic rings. The summed E-state index contributed by atoms with van der Waals surface area (Å²) in [5.41, 5.74) is -5.78. The molecule has 8 nitrogen and oxygen atoms in total. The van der Waals surface area contributed by atoms with Gasteiger partial charge in [-0.1, -0.05) is 24.3 Å². The summed E-state index contributed by atoms with van der Waals surface area (Å²) in [7, 11) is 0. The molecular weight excluding hydrogens is 474 g/mol. The van der Waals surface area contributed by atoms with Crippen LogP contribution < -0.4 is 0 Å². The monoisotopic (exact) mass is 486 g/mol. The molecule has 2 aliphatic heterocycles. The molecule has 0 aliphatic carbocycles. The Balaban J connectivity index is 1.24. The molecule has 2 aromatic carbocycles. The third-order valence-corrected chi connectivity index (χ3v) is 4.99. The maximum atomic E-state index is 13.0. The van der Waals surface area contributed by atoms with Gasteiger partial charge in [0.25, 0.3) is 0 Å². The van der Waals surface area contributed by atoms with Gasteiger partial charge in [-0.15, -0.1) is 20.5 Å². The molecule has 0 radical (unpaired) electrons. The summed E-state index contributed by atoms with van der Waals surface area (Å²) in [4.78, 5) is 24.0. The number of hydrogen-bond donors (Lipinski definition) is 0. The molecule has 0 fully saturated rings. The minimum atomic E-state index is -4.69. The van der Waals surface area contributed by atoms with Gasteiger partial charge in [0, 0.05) is 11.1 Å². The lowest BCUT2D eigenvalue weighted by molar-refractivity contribution is -0.166. The maximum absolute atomic E-state index is 13.0. The molecule has 0 spiro atoms. The molecule has 2 heterocycles. The lowest BCUT2D eigenvalue weighted by Gasteiger charge is -2.15. The van der Waals surface area contributed by atoms with Crippen LogP contribution in [-0.2, 0) is 20.8 Å². The quantitative estimate of drug-likeness (QED) is 0.310. The second-order valence-electron chi connectivity index (χ2n) is 7.17. The molecule has 14 heteroatoms. The van der Waals surface area contributed by atoms with E-state index in [1.54, 1.807) is 0 Å². The van der Waals surface area contributed by atoms with Gasteiger partial charge in [0.05, 0.1) is 11.1 Å². The highest BCUT2D eigenvalue weighted by Gasteiger charge is 2.65. The van der Waals surface area contributed by atoms with Gasteiger partial charge in [-0.25, -0.2) is 9.59 Å². The van der Waals surface area contributed by atoms with Crippen molar-refractivity contribution >= 4 is 11.9 Å². The number of esters is 2. The van der Waals surface area contributed by atoms with Gasteiger partial charge in [-0.3, -0.25) is 0 Å². The average molecular weight is 486 g/mol. The van der Waals surface area contributed by atoms with E-state index in [2.05, 4.69) is 20.5 Å². The normalized spacial score (nSPS) is 17.2. The molecule has 2 aromatic rings. The molecule has 4 rings (SSSR count). The number of carbonyl (C=O) groups excluding carboxylic acids is 2. The highest BCUT2D eigenvalue weighted by atomic mass is 19.4. The number of halogens is 6. The average Bonchev–Trinajstić information content (AvgIpc) is 3.69. The fourth-order valence-corrected chi connectivity index (χ4v) is 3.00. The molecule has 0 bridgehead atoms. The van der Waals surface area contributed by atoms with Gasteiger partial charge in [-0.05, 0) is 24.3 Å². The van der Waals surface area contributed by atoms with E-state index in [-0.39, 0.29) is 35.5 Å². The summed E-state index contributed by atoms with van der Waals surface area (Å²) in [5.74, 6) is -1.74. The SMILES string of the molecule is O=C(OCCOC(=O)c1ccc(C2(C(F)(F)F)N=N2)cc1)c1ccc(C2(C(F)(F)F)N=N2)cc1. The first-order valence-corrected chi connectivity index (χ1v) is 9.46. The Morgan fingerprint density at radius 1 is 0.618 bits per heavy atom. The van der Waals surface area contributed by atoms with Gasteiger partial charge in [0.15, 0.2) is 0 Å². The summed E-state index contributed by atoms with van der Waals surface area (Å²) < 4.78 is 87.7. The number of nitrogens with zero attached hydrogens (tertiary/aromatic N) is 4. The van der Waals surface area contributed by atoms with Crippen molar-refractivity contribution in [1.29, 1.82) is 0 Å². The molecule has 0 unspecified atom stereocenters. The largest absolute Gasteiger partial charge is 0.458 e. The molecular formula is C20H12F6N4O4. The lowest BCUT2D eigenvalue weighted by Crippen LogP contribution is -2.30. The summed E-state index contributed by atoms with van der Waals surface area (Å²) in [5, 5.41) is 12.2. The Hall–Kier alpha value is -3.84. The Morgan fingerprint density at radius 2 is 0.912 bits per heavy atom. The predicted molar refractivity (Wildman–Crippen MR) is 98.6 cm³/mol. The van der Waals surface area contributed by atoms with E-state index in [9.17, 15) is 35.9 Å². The van der Waals surface area contributed by atoms with E-state index in [0.29, 0.717) is 0 Å². The van der Waals surface area contributed by atoms with Gasteiger partial charge in [0.2, 0.25) is 0 Å². The van der Waals surface area contributed by atoms with Crippen molar-refractivity contribution in [3.05, 3.63) is 70.8 Å². The van der Waals surface area contributed by atoms with E-state index in [1.807, 2.05) is 0 Å². The Kier molecular flexibility index (Phi) is 5.41. The van der Waals surface area contributed by atoms with Crippen molar-refractivity contribution in [2.75, 3.05) is 13.2 Å². The zero-order chi connectivity index (χ0) is 24.8. The zero-order valence-electron chi connectivity index (χ0n) is 16.7. The molecule has 0 atom stereocenters. The third kappa shape index (κ3) is 4.10. The van der Waals surface area contributed by atoms with E-state index < -0.39 is 35.6 Å². The molecule has 0 N–H and O–H groups in total. The fourth-order valence-electron chi connectivity index (χ4n) is 3.00. The van der Waals surface area contributed by atoms with Gasteiger partial charge in [-0.2, -0.15) is 26.3 Å². The lowest BCUT2D eigenvalue weighted by atomic mass is 10.0. The molecule has 178 valence electrons. The van der Waals surface area contributed by atoms with Crippen molar-refractivity contribution in [1.82, 2.24) is 0 Å². The minimum Gasteiger partial charge on any atom is -0.458 e. The van der Waals surface area contributed by atoms with Crippen LogP contribution in [0.3, 0.4) is 0 Å². The summed E-state index contributed by atoms with van der Waals surface area (Å²) in [6, 6.07) is 8.69. The first kappa shape index (κ1) is 23.3. The number of benzene rings is 2. The number of hydrogen-bond acceptors (Lipinski definition) is 8. The Bertz CT molecular complexity index is 1070. The van der Waals surface area contributed by atoms with Crippen molar-refractivity contribution in [2.45, 2.75) is 23.7 Å². The fraction of sp³-hybridized carbons (Fsp3) is 0.300. The van der Waals surface area contributed by atoms with Crippen LogP contribution in [0.2, 0.25) is 0 Å². The highest BCUT2D eigenvalue weighted by molar-refractivity contribution is 5.90. The minimum absolute atomic E-state index is 0.0434. The van der Waals surface area contributed by atoms with Crippen LogP contribution >= 0.6 is 0 Å². The van der Waals surface area contributed by atoms with E-state index in [4.69, 9.17) is 9.47 Å². The smallest absolute Gasteiger partial charge is 0.442 e. The third-order valence-electron chi connectivity index (χ3n) is 4.99.